The van der Waals surface area contributed by atoms with E-state index >= 15 is 0 Å². The lowest BCUT2D eigenvalue weighted by atomic mass is 10.0. The van der Waals surface area contributed by atoms with E-state index < -0.39 is 0 Å². The minimum Gasteiger partial charge on any atom is -0.388 e. The molecule has 2 aromatic rings. The zero-order valence-electron chi connectivity index (χ0n) is 9.81. The van der Waals surface area contributed by atoms with Crippen LogP contribution in [0.3, 0.4) is 0 Å². The van der Waals surface area contributed by atoms with Gasteiger partial charge in [-0.25, -0.2) is 4.98 Å². The minimum absolute atomic E-state index is 0.296. The fraction of sp³-hybridized carbons (Fsp3) is 0.357. The lowest BCUT2D eigenvalue weighted by Crippen LogP contribution is -2.06. The van der Waals surface area contributed by atoms with Crippen LogP contribution in [0, 0.1) is 6.92 Å². The van der Waals surface area contributed by atoms with Crippen molar-refractivity contribution >= 4 is 11.3 Å². The van der Waals surface area contributed by atoms with E-state index in [0.29, 0.717) is 0 Å². The Labute approximate surface area is 105 Å². The summed E-state index contributed by atoms with van der Waals surface area (Å²) in [5, 5.41) is 11.0. The predicted molar refractivity (Wildman–Crippen MR) is 70.2 cm³/mol. The normalized spacial score (nSPS) is 19.1. The number of aryl methyl sites for hydroxylation is 2. The van der Waals surface area contributed by atoms with Gasteiger partial charge in [0, 0.05) is 5.56 Å². The molecular weight excluding hydrogens is 230 g/mol. The molecule has 17 heavy (non-hydrogen) atoms. The van der Waals surface area contributed by atoms with Gasteiger partial charge < -0.3 is 5.11 Å². The van der Waals surface area contributed by atoms with Gasteiger partial charge >= 0.3 is 0 Å². The number of thiazole rings is 1. The lowest BCUT2D eigenvalue weighted by molar-refractivity contribution is 0.160. The highest BCUT2D eigenvalue weighted by atomic mass is 32.1. The second-order valence-electron chi connectivity index (χ2n) is 4.60. The number of aliphatic hydroxyl groups is 1. The Kier molecular flexibility index (Phi) is 2.73. The number of rotatable bonds is 1. The van der Waals surface area contributed by atoms with Gasteiger partial charge in [0.15, 0.2) is 0 Å². The van der Waals surface area contributed by atoms with E-state index in [0.717, 1.165) is 40.4 Å². The number of nitrogens with zero attached hydrogens (tertiary/aromatic N) is 1. The van der Waals surface area contributed by atoms with Crippen molar-refractivity contribution in [1.82, 2.24) is 4.98 Å². The van der Waals surface area contributed by atoms with Crippen molar-refractivity contribution < 1.29 is 5.11 Å². The van der Waals surface area contributed by atoms with Gasteiger partial charge in [0.05, 0.1) is 16.7 Å². The Balaban J connectivity index is 2.02. The molecule has 0 bridgehead atoms. The van der Waals surface area contributed by atoms with Gasteiger partial charge in [-0.05, 0) is 26.2 Å². The summed E-state index contributed by atoms with van der Waals surface area (Å²) in [4.78, 5) is 5.74. The molecule has 3 heteroatoms. The van der Waals surface area contributed by atoms with Crippen LogP contribution in [-0.4, -0.2) is 10.1 Å². The van der Waals surface area contributed by atoms with Gasteiger partial charge in [0.2, 0.25) is 0 Å². The molecule has 88 valence electrons. The third-order valence-electron chi connectivity index (χ3n) is 3.22. The molecule has 0 saturated heterocycles. The van der Waals surface area contributed by atoms with Crippen molar-refractivity contribution in [2.24, 2.45) is 0 Å². The molecule has 1 aliphatic rings. The first-order valence-corrected chi connectivity index (χ1v) is 6.80. The highest BCUT2D eigenvalue weighted by molar-refractivity contribution is 7.15. The average molecular weight is 245 g/mol. The standard InChI is InChI=1S/C14H15NOS/c1-9-5-7-10(8-6-9)14-15-11-3-2-4-12(16)13(11)17-14/h5-8,12,16H,2-4H2,1H3. The van der Waals surface area contributed by atoms with Gasteiger partial charge in [-0.15, -0.1) is 11.3 Å². The highest BCUT2D eigenvalue weighted by Crippen LogP contribution is 2.37. The molecular formula is C14H15NOS. The van der Waals surface area contributed by atoms with E-state index in [-0.39, 0.29) is 6.10 Å². The van der Waals surface area contributed by atoms with E-state index in [2.05, 4.69) is 36.2 Å². The molecule has 1 N–H and O–H groups in total. The SMILES string of the molecule is Cc1ccc(-c2nc3c(s2)C(O)CCC3)cc1. The number of aromatic nitrogens is 1. The zero-order chi connectivity index (χ0) is 11.8. The topological polar surface area (TPSA) is 33.1 Å². The van der Waals surface area contributed by atoms with Crippen LogP contribution in [0.25, 0.3) is 10.6 Å². The molecule has 2 nitrogen and oxygen atoms in total. The molecule has 0 saturated carbocycles. The monoisotopic (exact) mass is 245 g/mol. The summed E-state index contributed by atoms with van der Waals surface area (Å²) >= 11 is 1.64. The van der Waals surface area contributed by atoms with Crippen LogP contribution in [0.1, 0.15) is 35.1 Å². The van der Waals surface area contributed by atoms with E-state index in [1.165, 1.54) is 5.56 Å². The first-order valence-electron chi connectivity index (χ1n) is 5.99. The Morgan fingerprint density at radius 3 is 2.76 bits per heavy atom. The fourth-order valence-electron chi connectivity index (χ4n) is 2.22. The molecule has 0 amide bonds. The smallest absolute Gasteiger partial charge is 0.123 e. The molecule has 3 rings (SSSR count). The Morgan fingerprint density at radius 2 is 2.06 bits per heavy atom. The third kappa shape index (κ3) is 2.01. The molecule has 0 spiro atoms. The van der Waals surface area contributed by atoms with E-state index in [1.807, 2.05) is 0 Å². The summed E-state index contributed by atoms with van der Waals surface area (Å²) in [5.41, 5.74) is 3.52. The first kappa shape index (κ1) is 10.9. The maximum atomic E-state index is 9.94. The van der Waals surface area contributed by atoms with Crippen LogP contribution in [0.15, 0.2) is 24.3 Å². The Morgan fingerprint density at radius 1 is 1.29 bits per heavy atom. The van der Waals surface area contributed by atoms with Gasteiger partial charge in [0.1, 0.15) is 5.01 Å². The van der Waals surface area contributed by atoms with Crippen molar-refractivity contribution in [3.8, 4) is 10.6 Å². The third-order valence-corrected chi connectivity index (χ3v) is 4.47. The number of benzene rings is 1. The molecule has 0 aliphatic heterocycles. The Hall–Kier alpha value is -1.19. The first-order chi connectivity index (χ1) is 8.24. The van der Waals surface area contributed by atoms with E-state index in [4.69, 9.17) is 0 Å². The minimum atomic E-state index is -0.296. The second kappa shape index (κ2) is 4.24. The van der Waals surface area contributed by atoms with Crippen molar-refractivity contribution in [2.75, 3.05) is 0 Å². The summed E-state index contributed by atoms with van der Waals surface area (Å²) in [5.74, 6) is 0. The summed E-state index contributed by atoms with van der Waals surface area (Å²) in [6, 6.07) is 8.41. The van der Waals surface area contributed by atoms with Gasteiger partial charge in [-0.1, -0.05) is 29.8 Å². The summed E-state index contributed by atoms with van der Waals surface area (Å²) in [7, 11) is 0. The van der Waals surface area contributed by atoms with Crippen molar-refractivity contribution in [3.63, 3.8) is 0 Å². The molecule has 1 aliphatic carbocycles. The maximum Gasteiger partial charge on any atom is 0.123 e. The Bertz CT molecular complexity index is 530. The van der Waals surface area contributed by atoms with Gasteiger partial charge in [-0.3, -0.25) is 0 Å². The lowest BCUT2D eigenvalue weighted by Gasteiger charge is -2.14. The molecule has 1 atom stereocenters. The number of aliphatic hydroxyl groups excluding tert-OH is 1. The summed E-state index contributed by atoms with van der Waals surface area (Å²) < 4.78 is 0. The molecule has 1 unspecified atom stereocenters. The van der Waals surface area contributed by atoms with Crippen LogP contribution >= 0.6 is 11.3 Å². The van der Waals surface area contributed by atoms with Crippen molar-refractivity contribution in [1.29, 1.82) is 0 Å². The van der Waals surface area contributed by atoms with Crippen LogP contribution in [0.2, 0.25) is 0 Å². The molecule has 0 fully saturated rings. The fourth-order valence-corrected chi connectivity index (χ4v) is 3.35. The molecule has 0 radical (unpaired) electrons. The van der Waals surface area contributed by atoms with E-state index in [9.17, 15) is 5.11 Å². The largest absolute Gasteiger partial charge is 0.388 e. The summed E-state index contributed by atoms with van der Waals surface area (Å²) in [6.07, 6.45) is 2.64. The highest BCUT2D eigenvalue weighted by Gasteiger charge is 2.22. The van der Waals surface area contributed by atoms with Crippen LogP contribution in [-0.2, 0) is 6.42 Å². The second-order valence-corrected chi connectivity index (χ2v) is 5.63. The van der Waals surface area contributed by atoms with Crippen LogP contribution < -0.4 is 0 Å². The van der Waals surface area contributed by atoms with Gasteiger partial charge in [0.25, 0.3) is 0 Å². The molecule has 1 heterocycles. The van der Waals surface area contributed by atoms with Crippen molar-refractivity contribution in [3.05, 3.63) is 40.4 Å². The summed E-state index contributed by atoms with van der Waals surface area (Å²) in [6.45, 7) is 2.08. The number of hydrogen-bond acceptors (Lipinski definition) is 3. The molecule has 1 aromatic carbocycles. The quantitative estimate of drug-likeness (QED) is 0.834. The maximum absolute atomic E-state index is 9.94. The number of hydrogen-bond donors (Lipinski definition) is 1. The average Bonchev–Trinajstić information content (AvgIpc) is 2.75. The number of fused-ring (bicyclic) bond motifs is 1. The van der Waals surface area contributed by atoms with Crippen molar-refractivity contribution in [2.45, 2.75) is 32.3 Å². The van der Waals surface area contributed by atoms with Crippen LogP contribution in [0.5, 0.6) is 0 Å². The van der Waals surface area contributed by atoms with E-state index in [1.54, 1.807) is 11.3 Å². The molecule has 1 aromatic heterocycles. The predicted octanol–water partition coefficient (Wildman–Crippen LogP) is 3.49. The van der Waals surface area contributed by atoms with Crippen LogP contribution in [0.4, 0.5) is 0 Å². The van der Waals surface area contributed by atoms with Gasteiger partial charge in [-0.2, -0.15) is 0 Å². The zero-order valence-corrected chi connectivity index (χ0v) is 10.6.